The molecule has 4 N–H and O–H groups in total. The molecule has 1 aromatic carbocycles. The smallest absolute Gasteiger partial charge is 0.258 e. The van der Waals surface area contributed by atoms with Gasteiger partial charge in [-0.3, -0.25) is 9.69 Å². The molecule has 1 aromatic rings. The van der Waals surface area contributed by atoms with Gasteiger partial charge in [0.05, 0.1) is 12.8 Å². The highest BCUT2D eigenvalue weighted by molar-refractivity contribution is 7.88. The number of hydrogen-bond donors (Lipinski definition) is 3. The van der Waals surface area contributed by atoms with Gasteiger partial charge in [-0.05, 0) is 24.6 Å². The number of rotatable bonds is 5. The lowest BCUT2D eigenvalue weighted by Crippen LogP contribution is -2.48. The number of guanidine groups is 1. The van der Waals surface area contributed by atoms with E-state index in [0.29, 0.717) is 5.56 Å². The molecule has 0 saturated heterocycles. The molecule has 1 unspecified atom stereocenters. The van der Waals surface area contributed by atoms with Crippen LogP contribution in [0.1, 0.15) is 12.5 Å². The lowest BCUT2D eigenvalue weighted by atomic mass is 10.0. The monoisotopic (exact) mass is 326 g/mol. The maximum Gasteiger partial charge on any atom is 0.258 e. The van der Waals surface area contributed by atoms with E-state index >= 15 is 0 Å². The van der Waals surface area contributed by atoms with Crippen molar-refractivity contribution in [1.82, 2.24) is 9.62 Å². The van der Waals surface area contributed by atoms with E-state index in [1.165, 1.54) is 24.0 Å². The summed E-state index contributed by atoms with van der Waals surface area (Å²) in [7, 11) is -3.44. The molecule has 9 heteroatoms. The molecule has 1 aliphatic heterocycles. The summed E-state index contributed by atoms with van der Waals surface area (Å²) in [6.45, 7) is 1.50. The third-order valence-electron chi connectivity index (χ3n) is 3.27. The second-order valence-corrected chi connectivity index (χ2v) is 7.23. The van der Waals surface area contributed by atoms with E-state index in [1.54, 1.807) is 12.1 Å². The van der Waals surface area contributed by atoms with E-state index in [-0.39, 0.29) is 24.8 Å². The van der Waals surface area contributed by atoms with Crippen LogP contribution in [0.15, 0.2) is 29.3 Å². The van der Waals surface area contributed by atoms with E-state index in [9.17, 15) is 18.3 Å². The van der Waals surface area contributed by atoms with Crippen molar-refractivity contribution in [3.8, 4) is 5.75 Å². The molecule has 0 radical (unpaired) electrons. The third-order valence-corrected chi connectivity index (χ3v) is 3.94. The van der Waals surface area contributed by atoms with Crippen molar-refractivity contribution in [3.05, 3.63) is 29.8 Å². The van der Waals surface area contributed by atoms with Crippen LogP contribution in [0, 0.1) is 0 Å². The number of amides is 1. The van der Waals surface area contributed by atoms with Crippen LogP contribution >= 0.6 is 0 Å². The third kappa shape index (κ3) is 3.55. The van der Waals surface area contributed by atoms with Crippen molar-refractivity contribution in [2.45, 2.75) is 19.0 Å². The van der Waals surface area contributed by atoms with Crippen molar-refractivity contribution in [2.75, 3.05) is 12.8 Å². The largest absolute Gasteiger partial charge is 0.508 e. The standard InChI is InChI=1S/C13H18N4O4S/c1-13(8-15-22(2,20)21)11(19)17(12(14)16-13)7-9-4-3-5-10(18)6-9/h3-6,15,18H,7-8H2,1-2H3,(H2,14,16). The molecule has 0 spiro atoms. The number of benzene rings is 1. The van der Waals surface area contributed by atoms with E-state index in [4.69, 9.17) is 5.73 Å². The lowest BCUT2D eigenvalue weighted by Gasteiger charge is -2.22. The Morgan fingerprint density at radius 2 is 2.14 bits per heavy atom. The van der Waals surface area contributed by atoms with Gasteiger partial charge in [0, 0.05) is 6.54 Å². The molecule has 1 heterocycles. The van der Waals surface area contributed by atoms with Crippen molar-refractivity contribution < 1.29 is 18.3 Å². The normalized spacial score (nSPS) is 22.0. The number of nitrogens with two attached hydrogens (primary N) is 1. The lowest BCUT2D eigenvalue weighted by molar-refractivity contribution is -0.130. The Kier molecular flexibility index (Phi) is 4.12. The number of phenols is 1. The van der Waals surface area contributed by atoms with Crippen LogP contribution in [0.3, 0.4) is 0 Å². The van der Waals surface area contributed by atoms with E-state index in [0.717, 1.165) is 6.26 Å². The van der Waals surface area contributed by atoms with Gasteiger partial charge in [-0.2, -0.15) is 0 Å². The molecule has 1 atom stereocenters. The summed E-state index contributed by atoms with van der Waals surface area (Å²) in [5.41, 5.74) is 5.20. The number of sulfonamides is 1. The number of nitrogens with one attached hydrogen (secondary N) is 1. The first-order valence-electron chi connectivity index (χ1n) is 6.50. The number of carbonyl (C=O) groups is 1. The van der Waals surface area contributed by atoms with Crippen LogP contribution in [-0.2, 0) is 21.4 Å². The zero-order valence-electron chi connectivity index (χ0n) is 12.3. The predicted octanol–water partition coefficient (Wildman–Crippen LogP) is -0.643. The van der Waals surface area contributed by atoms with Crippen molar-refractivity contribution >= 4 is 21.9 Å². The van der Waals surface area contributed by atoms with E-state index in [1.807, 2.05) is 0 Å². The summed E-state index contributed by atoms with van der Waals surface area (Å²) in [6.07, 6.45) is 1.01. The quantitative estimate of drug-likeness (QED) is 0.663. The first-order valence-corrected chi connectivity index (χ1v) is 8.40. The van der Waals surface area contributed by atoms with Crippen molar-refractivity contribution in [2.24, 2.45) is 10.7 Å². The number of hydrogen-bond acceptors (Lipinski definition) is 6. The second kappa shape index (κ2) is 5.58. The minimum atomic E-state index is -3.44. The van der Waals surface area contributed by atoms with Crippen LogP contribution in [0.2, 0.25) is 0 Å². The molecule has 0 bridgehead atoms. The molecular formula is C13H18N4O4S. The van der Waals surface area contributed by atoms with Gasteiger partial charge in [-0.15, -0.1) is 0 Å². The van der Waals surface area contributed by atoms with E-state index < -0.39 is 21.5 Å². The molecule has 0 aromatic heterocycles. The summed E-state index contributed by atoms with van der Waals surface area (Å²) in [5.74, 6) is -0.295. The van der Waals surface area contributed by atoms with Crippen LogP contribution in [0.4, 0.5) is 0 Å². The zero-order chi connectivity index (χ0) is 16.5. The van der Waals surface area contributed by atoms with Crippen molar-refractivity contribution in [1.29, 1.82) is 0 Å². The molecule has 2 rings (SSSR count). The minimum absolute atomic E-state index is 0.0196. The van der Waals surface area contributed by atoms with Crippen LogP contribution in [0.25, 0.3) is 0 Å². The van der Waals surface area contributed by atoms with Crippen LogP contribution in [0.5, 0.6) is 5.75 Å². The van der Waals surface area contributed by atoms with Gasteiger partial charge in [-0.25, -0.2) is 18.1 Å². The molecule has 0 aliphatic carbocycles. The summed E-state index contributed by atoms with van der Waals surface area (Å²) in [4.78, 5) is 17.8. The second-order valence-electron chi connectivity index (χ2n) is 5.40. The molecule has 8 nitrogen and oxygen atoms in total. The number of carbonyl (C=O) groups excluding carboxylic acids is 1. The fourth-order valence-corrected chi connectivity index (χ4v) is 2.68. The van der Waals surface area contributed by atoms with Gasteiger partial charge in [0.15, 0.2) is 11.5 Å². The van der Waals surface area contributed by atoms with Crippen LogP contribution < -0.4 is 10.5 Å². The molecule has 0 saturated carbocycles. The summed E-state index contributed by atoms with van der Waals surface area (Å²) >= 11 is 0. The maximum absolute atomic E-state index is 12.5. The Labute approximate surface area is 128 Å². The van der Waals surface area contributed by atoms with Gasteiger partial charge in [0.1, 0.15) is 5.75 Å². The average molecular weight is 326 g/mol. The number of aromatic hydroxyl groups is 1. The topological polar surface area (TPSA) is 125 Å². The van der Waals surface area contributed by atoms with Crippen molar-refractivity contribution in [3.63, 3.8) is 0 Å². The van der Waals surface area contributed by atoms with Gasteiger partial charge in [-0.1, -0.05) is 12.1 Å². The highest BCUT2D eigenvalue weighted by atomic mass is 32.2. The number of phenolic OH excluding ortho intramolecular Hbond substituents is 1. The summed E-state index contributed by atoms with van der Waals surface area (Å²) in [6, 6.07) is 6.44. The Bertz CT molecular complexity index is 731. The fourth-order valence-electron chi connectivity index (χ4n) is 2.13. The minimum Gasteiger partial charge on any atom is -0.508 e. The average Bonchev–Trinajstić information content (AvgIpc) is 2.60. The predicted molar refractivity (Wildman–Crippen MR) is 81.5 cm³/mol. The van der Waals surface area contributed by atoms with Gasteiger partial charge < -0.3 is 10.8 Å². The Hall–Kier alpha value is -2.13. The molecular weight excluding hydrogens is 308 g/mol. The number of aliphatic imine (C=N–C) groups is 1. The summed E-state index contributed by atoms with van der Waals surface area (Å²) < 4.78 is 24.6. The van der Waals surface area contributed by atoms with E-state index in [2.05, 4.69) is 9.71 Å². The Balaban J connectivity index is 2.16. The SMILES string of the molecule is CC1(CNS(C)(=O)=O)N=C(N)N(Cc2cccc(O)c2)C1=O. The highest BCUT2D eigenvalue weighted by Crippen LogP contribution is 2.23. The van der Waals surface area contributed by atoms with Gasteiger partial charge in [0.2, 0.25) is 10.0 Å². The highest BCUT2D eigenvalue weighted by Gasteiger charge is 2.44. The Morgan fingerprint density at radius 3 is 2.73 bits per heavy atom. The summed E-state index contributed by atoms with van der Waals surface area (Å²) in [5, 5.41) is 9.45. The molecule has 1 aliphatic rings. The maximum atomic E-state index is 12.5. The van der Waals surface area contributed by atoms with Gasteiger partial charge in [0.25, 0.3) is 5.91 Å². The zero-order valence-corrected chi connectivity index (χ0v) is 13.1. The molecule has 0 fully saturated rings. The first-order chi connectivity index (χ1) is 10.1. The molecule has 120 valence electrons. The van der Waals surface area contributed by atoms with Crippen LogP contribution in [-0.4, -0.2) is 48.6 Å². The molecule has 1 amide bonds. The first kappa shape index (κ1) is 16.2. The fraction of sp³-hybridized carbons (Fsp3) is 0.385. The van der Waals surface area contributed by atoms with Gasteiger partial charge >= 0.3 is 0 Å². The Morgan fingerprint density at radius 1 is 1.45 bits per heavy atom. The number of nitrogens with zero attached hydrogens (tertiary/aromatic N) is 2. The molecule has 22 heavy (non-hydrogen) atoms.